The summed E-state index contributed by atoms with van der Waals surface area (Å²) in [5.74, 6) is 1.49. The molecule has 0 saturated carbocycles. The van der Waals surface area contributed by atoms with Crippen molar-refractivity contribution in [3.05, 3.63) is 36.6 Å². The molecule has 0 aliphatic heterocycles. The van der Waals surface area contributed by atoms with Gasteiger partial charge in [-0.05, 0) is 32.9 Å². The van der Waals surface area contributed by atoms with Gasteiger partial charge in [0, 0.05) is 6.66 Å². The summed E-state index contributed by atoms with van der Waals surface area (Å²) in [6.07, 6.45) is 0.0214. The Morgan fingerprint density at radius 3 is 2.33 bits per heavy atom. The van der Waals surface area contributed by atoms with Crippen molar-refractivity contribution in [3.8, 4) is 11.5 Å². The zero-order valence-electron chi connectivity index (χ0n) is 13.3. The lowest BCUT2D eigenvalue weighted by Crippen LogP contribution is -2.28. The fourth-order valence-corrected chi connectivity index (χ4v) is 3.16. The summed E-state index contributed by atoms with van der Waals surface area (Å²) in [6, 6.07) is 6.78. The van der Waals surface area contributed by atoms with E-state index in [0.29, 0.717) is 17.3 Å². The summed E-state index contributed by atoms with van der Waals surface area (Å²) in [7, 11) is -1.54. The van der Waals surface area contributed by atoms with Crippen LogP contribution in [0.4, 0.5) is 0 Å². The first-order valence-electron chi connectivity index (χ1n) is 6.78. The minimum absolute atomic E-state index is 0.0214. The van der Waals surface area contributed by atoms with Gasteiger partial charge in [-0.2, -0.15) is 0 Å². The van der Waals surface area contributed by atoms with Gasteiger partial charge in [-0.25, -0.2) is 5.09 Å². The maximum absolute atomic E-state index is 12.6. The van der Waals surface area contributed by atoms with E-state index in [2.05, 4.69) is 11.7 Å². The van der Waals surface area contributed by atoms with E-state index >= 15 is 0 Å². The molecule has 0 aliphatic rings. The van der Waals surface area contributed by atoms with Crippen LogP contribution in [-0.2, 0) is 9.30 Å². The minimum atomic E-state index is -3.08. The zero-order valence-corrected chi connectivity index (χ0v) is 14.1. The van der Waals surface area contributed by atoms with Crippen LogP contribution in [0.5, 0.6) is 11.5 Å². The highest BCUT2D eigenvalue weighted by molar-refractivity contribution is 7.56. The third-order valence-corrected chi connectivity index (χ3v) is 4.04. The van der Waals surface area contributed by atoms with Gasteiger partial charge in [-0.1, -0.05) is 18.7 Å². The molecular formula is C15H24NO4P. The van der Waals surface area contributed by atoms with E-state index in [1.54, 1.807) is 18.2 Å². The maximum Gasteiger partial charge on any atom is 0.314 e. The van der Waals surface area contributed by atoms with Crippen LogP contribution in [0.25, 0.3) is 0 Å². The SMILES string of the molecule is C=C(OC(C)C)[C@H](C)NP(C)(=O)Oc1ccccc1OC. The van der Waals surface area contributed by atoms with Crippen molar-refractivity contribution in [3.63, 3.8) is 0 Å². The van der Waals surface area contributed by atoms with Crippen molar-refractivity contribution >= 4 is 7.52 Å². The highest BCUT2D eigenvalue weighted by atomic mass is 31.2. The monoisotopic (exact) mass is 313 g/mol. The molecule has 1 aromatic carbocycles. The van der Waals surface area contributed by atoms with Crippen LogP contribution in [0.3, 0.4) is 0 Å². The van der Waals surface area contributed by atoms with Crippen molar-refractivity contribution in [1.29, 1.82) is 0 Å². The molecule has 6 heteroatoms. The lowest BCUT2D eigenvalue weighted by Gasteiger charge is -2.24. The average molecular weight is 313 g/mol. The fourth-order valence-electron chi connectivity index (χ4n) is 1.74. The summed E-state index contributed by atoms with van der Waals surface area (Å²) in [4.78, 5) is 0. The third kappa shape index (κ3) is 5.82. The summed E-state index contributed by atoms with van der Waals surface area (Å²) in [5.41, 5.74) is 0. The maximum atomic E-state index is 12.6. The van der Waals surface area contributed by atoms with Crippen molar-refractivity contribution in [2.24, 2.45) is 0 Å². The van der Waals surface area contributed by atoms with E-state index in [-0.39, 0.29) is 12.1 Å². The first kappa shape index (κ1) is 17.6. The first-order valence-corrected chi connectivity index (χ1v) is 8.85. The Bertz CT molecular complexity index is 530. The van der Waals surface area contributed by atoms with E-state index < -0.39 is 7.52 Å². The molecule has 1 unspecified atom stereocenters. The van der Waals surface area contributed by atoms with Gasteiger partial charge in [-0.3, -0.25) is 4.57 Å². The molecule has 0 amide bonds. The van der Waals surface area contributed by atoms with E-state index in [9.17, 15) is 4.57 Å². The molecule has 0 aromatic heterocycles. The number of para-hydroxylation sites is 2. The molecule has 0 fully saturated rings. The van der Waals surface area contributed by atoms with E-state index in [0.717, 1.165) is 0 Å². The molecule has 1 rings (SSSR count). The van der Waals surface area contributed by atoms with Crippen LogP contribution in [0.2, 0.25) is 0 Å². The Balaban J connectivity index is 2.73. The molecular weight excluding hydrogens is 289 g/mol. The Labute approximate surface area is 126 Å². The third-order valence-electron chi connectivity index (χ3n) is 2.64. The average Bonchev–Trinajstić information content (AvgIpc) is 2.37. The number of benzene rings is 1. The van der Waals surface area contributed by atoms with Crippen LogP contribution < -0.4 is 14.3 Å². The molecule has 0 radical (unpaired) electrons. The normalized spacial score (nSPS) is 15.1. The van der Waals surface area contributed by atoms with Gasteiger partial charge in [0.1, 0.15) is 5.76 Å². The molecule has 0 heterocycles. The summed E-state index contributed by atoms with van der Waals surface area (Å²) in [5, 5.41) is 2.91. The topological polar surface area (TPSA) is 56.8 Å². The second-order valence-electron chi connectivity index (χ2n) is 5.07. The predicted octanol–water partition coefficient (Wildman–Crippen LogP) is 3.81. The second-order valence-corrected chi connectivity index (χ2v) is 7.20. The van der Waals surface area contributed by atoms with Gasteiger partial charge >= 0.3 is 7.52 Å². The minimum Gasteiger partial charge on any atom is -0.494 e. The Morgan fingerprint density at radius 1 is 1.24 bits per heavy atom. The molecule has 0 aliphatic carbocycles. The highest BCUT2D eigenvalue weighted by Gasteiger charge is 2.24. The van der Waals surface area contributed by atoms with Crippen molar-refractivity contribution in [2.75, 3.05) is 13.8 Å². The molecule has 0 saturated heterocycles. The molecule has 21 heavy (non-hydrogen) atoms. The van der Waals surface area contributed by atoms with E-state index in [4.69, 9.17) is 14.0 Å². The summed E-state index contributed by atoms with van der Waals surface area (Å²) in [6.45, 7) is 11.0. The molecule has 0 bridgehead atoms. The highest BCUT2D eigenvalue weighted by Crippen LogP contribution is 2.43. The lowest BCUT2D eigenvalue weighted by atomic mass is 10.3. The summed E-state index contributed by atoms with van der Waals surface area (Å²) >= 11 is 0. The Kier molecular flexibility index (Phi) is 6.31. The van der Waals surface area contributed by atoms with Crippen LogP contribution in [0.1, 0.15) is 20.8 Å². The van der Waals surface area contributed by atoms with Gasteiger partial charge in [0.05, 0.1) is 19.3 Å². The van der Waals surface area contributed by atoms with E-state index in [1.165, 1.54) is 13.8 Å². The van der Waals surface area contributed by atoms with Crippen molar-refractivity contribution < 1.29 is 18.6 Å². The molecule has 118 valence electrons. The van der Waals surface area contributed by atoms with Crippen LogP contribution in [0, 0.1) is 0 Å². The standard InChI is InChI=1S/C15H24NO4P/c1-11(2)19-13(4)12(3)16-21(6,17)20-15-10-8-7-9-14(15)18-5/h7-12H,4H2,1-3,5-6H3,(H,16,17)/t12-,21?/m0/s1. The van der Waals surface area contributed by atoms with Crippen molar-refractivity contribution in [2.45, 2.75) is 32.9 Å². The van der Waals surface area contributed by atoms with Gasteiger partial charge < -0.3 is 14.0 Å². The number of rotatable bonds is 8. The predicted molar refractivity (Wildman–Crippen MR) is 85.1 cm³/mol. The molecule has 2 atom stereocenters. The van der Waals surface area contributed by atoms with Gasteiger partial charge in [0.25, 0.3) is 0 Å². The van der Waals surface area contributed by atoms with Gasteiger partial charge in [0.2, 0.25) is 0 Å². The fraction of sp³-hybridized carbons (Fsp3) is 0.467. The Hall–Kier alpha value is -1.45. The van der Waals surface area contributed by atoms with E-state index in [1.807, 2.05) is 26.8 Å². The quantitative estimate of drug-likeness (QED) is 0.584. The lowest BCUT2D eigenvalue weighted by molar-refractivity contribution is 0.134. The van der Waals surface area contributed by atoms with Crippen LogP contribution in [0.15, 0.2) is 36.6 Å². The van der Waals surface area contributed by atoms with Gasteiger partial charge in [-0.15, -0.1) is 0 Å². The number of nitrogens with one attached hydrogen (secondary N) is 1. The smallest absolute Gasteiger partial charge is 0.314 e. The van der Waals surface area contributed by atoms with Crippen LogP contribution >= 0.6 is 7.52 Å². The number of hydrogen-bond acceptors (Lipinski definition) is 4. The number of hydrogen-bond donors (Lipinski definition) is 1. The number of methoxy groups -OCH3 is 1. The number of ether oxygens (including phenoxy) is 2. The summed E-state index contributed by atoms with van der Waals surface area (Å²) < 4.78 is 28.8. The largest absolute Gasteiger partial charge is 0.494 e. The second kappa shape index (κ2) is 7.53. The van der Waals surface area contributed by atoms with Crippen LogP contribution in [-0.4, -0.2) is 25.9 Å². The Morgan fingerprint density at radius 2 is 1.81 bits per heavy atom. The molecule has 1 aromatic rings. The van der Waals surface area contributed by atoms with Gasteiger partial charge in [0.15, 0.2) is 11.5 Å². The first-order chi connectivity index (χ1) is 9.75. The molecule has 5 nitrogen and oxygen atoms in total. The molecule has 1 N–H and O–H groups in total. The van der Waals surface area contributed by atoms with Crippen molar-refractivity contribution in [1.82, 2.24) is 5.09 Å². The molecule has 0 spiro atoms. The zero-order chi connectivity index (χ0) is 16.0.